The third kappa shape index (κ3) is 2.02. The fourth-order valence-corrected chi connectivity index (χ4v) is 2.39. The minimum atomic E-state index is -0.932. The van der Waals surface area contributed by atoms with E-state index in [0.717, 1.165) is 30.0 Å². The van der Waals surface area contributed by atoms with Crippen molar-refractivity contribution in [3.8, 4) is 0 Å². The first-order valence-electron chi connectivity index (χ1n) is 5.12. The highest BCUT2D eigenvalue weighted by molar-refractivity contribution is 8.00. The number of aromatic nitrogens is 2. The molecule has 0 bridgehead atoms. The Morgan fingerprint density at radius 1 is 1.73 bits per heavy atom. The molecule has 2 heterocycles. The standard InChI is InChI=1S/C10H14N2O2S/c1-2-3-7-4-9(10(13)14)11-12(7)8-5-15-6-8/h4,8H,2-3,5-6H2,1H3,(H,13,14). The van der Waals surface area contributed by atoms with E-state index in [-0.39, 0.29) is 5.69 Å². The minimum absolute atomic E-state index is 0.176. The number of nitrogens with zero attached hydrogens (tertiary/aromatic N) is 2. The fourth-order valence-electron chi connectivity index (χ4n) is 1.66. The molecule has 1 aromatic rings. The molecule has 0 radical (unpaired) electrons. The topological polar surface area (TPSA) is 55.1 Å². The highest BCUT2D eigenvalue weighted by atomic mass is 32.2. The van der Waals surface area contributed by atoms with Gasteiger partial charge in [0, 0.05) is 17.2 Å². The SMILES string of the molecule is CCCc1cc(C(=O)O)nn1C1CSC1. The maximum Gasteiger partial charge on any atom is 0.356 e. The van der Waals surface area contributed by atoms with E-state index in [1.807, 2.05) is 16.4 Å². The van der Waals surface area contributed by atoms with Crippen LogP contribution in [0, 0.1) is 0 Å². The van der Waals surface area contributed by atoms with Crippen LogP contribution in [-0.2, 0) is 6.42 Å². The minimum Gasteiger partial charge on any atom is -0.476 e. The average Bonchev–Trinajstić information content (AvgIpc) is 2.47. The Morgan fingerprint density at radius 2 is 2.47 bits per heavy atom. The van der Waals surface area contributed by atoms with Crippen molar-refractivity contribution in [2.24, 2.45) is 0 Å². The summed E-state index contributed by atoms with van der Waals surface area (Å²) in [5.74, 6) is 1.17. The van der Waals surface area contributed by atoms with Gasteiger partial charge in [-0.2, -0.15) is 16.9 Å². The predicted molar refractivity (Wildman–Crippen MR) is 59.5 cm³/mol. The molecule has 0 saturated carbocycles. The van der Waals surface area contributed by atoms with Gasteiger partial charge in [-0.3, -0.25) is 4.68 Å². The van der Waals surface area contributed by atoms with Crippen molar-refractivity contribution in [1.29, 1.82) is 0 Å². The zero-order chi connectivity index (χ0) is 10.8. The Bertz CT molecular complexity index is 371. The van der Waals surface area contributed by atoms with Gasteiger partial charge in [-0.05, 0) is 12.5 Å². The number of carboxylic acid groups (broad SMARTS) is 1. The lowest BCUT2D eigenvalue weighted by atomic mass is 10.2. The molecule has 1 saturated heterocycles. The van der Waals surface area contributed by atoms with E-state index in [1.54, 1.807) is 6.07 Å². The van der Waals surface area contributed by atoms with Gasteiger partial charge in [0.1, 0.15) is 0 Å². The quantitative estimate of drug-likeness (QED) is 0.851. The molecule has 0 spiro atoms. The van der Waals surface area contributed by atoms with E-state index in [1.165, 1.54) is 0 Å². The van der Waals surface area contributed by atoms with Crippen molar-refractivity contribution in [3.05, 3.63) is 17.5 Å². The highest BCUT2D eigenvalue weighted by Crippen LogP contribution is 2.30. The van der Waals surface area contributed by atoms with Crippen LogP contribution in [0.1, 0.15) is 35.6 Å². The third-order valence-electron chi connectivity index (χ3n) is 2.50. The lowest BCUT2D eigenvalue weighted by Crippen LogP contribution is -2.25. The van der Waals surface area contributed by atoms with Gasteiger partial charge < -0.3 is 5.11 Å². The maximum atomic E-state index is 10.8. The first kappa shape index (κ1) is 10.5. The van der Waals surface area contributed by atoms with Crippen LogP contribution in [0.5, 0.6) is 0 Å². The number of aromatic carboxylic acids is 1. The Hall–Kier alpha value is -0.970. The molecule has 0 unspecified atom stereocenters. The van der Waals surface area contributed by atoms with E-state index in [2.05, 4.69) is 12.0 Å². The van der Waals surface area contributed by atoms with Crippen LogP contribution in [0.4, 0.5) is 0 Å². The summed E-state index contributed by atoms with van der Waals surface area (Å²) in [5.41, 5.74) is 1.23. The van der Waals surface area contributed by atoms with Crippen molar-refractivity contribution in [2.75, 3.05) is 11.5 Å². The Balaban J connectivity index is 2.27. The summed E-state index contributed by atoms with van der Waals surface area (Å²) in [4.78, 5) is 10.8. The van der Waals surface area contributed by atoms with E-state index >= 15 is 0 Å². The number of thioether (sulfide) groups is 1. The summed E-state index contributed by atoms with van der Waals surface area (Å²) in [7, 11) is 0. The molecular weight excluding hydrogens is 212 g/mol. The van der Waals surface area contributed by atoms with Crippen LogP contribution in [0.15, 0.2) is 6.07 Å². The molecular formula is C10H14N2O2S. The second-order valence-corrected chi connectivity index (χ2v) is 4.79. The lowest BCUT2D eigenvalue weighted by Gasteiger charge is -2.26. The maximum absolute atomic E-state index is 10.8. The summed E-state index contributed by atoms with van der Waals surface area (Å²) in [5, 5.41) is 13.0. The second-order valence-electron chi connectivity index (χ2n) is 3.71. The van der Waals surface area contributed by atoms with E-state index in [0.29, 0.717) is 6.04 Å². The number of carboxylic acids is 1. The molecule has 0 aromatic carbocycles. The zero-order valence-corrected chi connectivity index (χ0v) is 9.46. The van der Waals surface area contributed by atoms with Crippen molar-refractivity contribution in [2.45, 2.75) is 25.8 Å². The van der Waals surface area contributed by atoms with Crippen molar-refractivity contribution < 1.29 is 9.90 Å². The molecule has 1 fully saturated rings. The molecule has 1 aliphatic heterocycles. The second kappa shape index (κ2) is 4.26. The van der Waals surface area contributed by atoms with Crippen molar-refractivity contribution in [1.82, 2.24) is 9.78 Å². The molecule has 0 aliphatic carbocycles. The molecule has 1 aliphatic rings. The molecule has 0 atom stereocenters. The molecule has 1 aromatic heterocycles. The van der Waals surface area contributed by atoms with Gasteiger partial charge in [0.25, 0.3) is 0 Å². The molecule has 4 nitrogen and oxygen atoms in total. The lowest BCUT2D eigenvalue weighted by molar-refractivity contribution is 0.0689. The van der Waals surface area contributed by atoms with Gasteiger partial charge in [-0.25, -0.2) is 4.79 Å². The number of aryl methyl sites for hydroxylation is 1. The first-order chi connectivity index (χ1) is 7.22. The van der Waals surface area contributed by atoms with Crippen LogP contribution < -0.4 is 0 Å². The van der Waals surface area contributed by atoms with Gasteiger partial charge in [0.2, 0.25) is 0 Å². The van der Waals surface area contributed by atoms with Crippen LogP contribution in [0.2, 0.25) is 0 Å². The molecule has 1 N–H and O–H groups in total. The van der Waals surface area contributed by atoms with E-state index in [4.69, 9.17) is 5.11 Å². The number of rotatable bonds is 4. The number of carbonyl (C=O) groups is 1. The smallest absolute Gasteiger partial charge is 0.356 e. The molecule has 0 amide bonds. The van der Waals surface area contributed by atoms with Gasteiger partial charge in [-0.15, -0.1) is 0 Å². The zero-order valence-electron chi connectivity index (χ0n) is 8.64. The summed E-state index contributed by atoms with van der Waals surface area (Å²) >= 11 is 1.88. The predicted octanol–water partition coefficient (Wildman–Crippen LogP) is 1.82. The Labute approximate surface area is 92.7 Å². The normalized spacial score (nSPS) is 16.3. The summed E-state index contributed by atoms with van der Waals surface area (Å²) in [6.45, 7) is 2.09. The largest absolute Gasteiger partial charge is 0.476 e. The number of hydrogen-bond acceptors (Lipinski definition) is 3. The summed E-state index contributed by atoms with van der Waals surface area (Å²) in [6, 6.07) is 2.11. The molecule has 2 rings (SSSR count). The highest BCUT2D eigenvalue weighted by Gasteiger charge is 2.24. The van der Waals surface area contributed by atoms with Gasteiger partial charge in [0.05, 0.1) is 6.04 Å². The fraction of sp³-hybridized carbons (Fsp3) is 0.600. The van der Waals surface area contributed by atoms with Gasteiger partial charge >= 0.3 is 5.97 Å². The number of hydrogen-bond donors (Lipinski definition) is 1. The van der Waals surface area contributed by atoms with Gasteiger partial charge in [-0.1, -0.05) is 13.3 Å². The summed E-state index contributed by atoms with van der Waals surface area (Å²) < 4.78 is 1.91. The molecule has 15 heavy (non-hydrogen) atoms. The van der Waals surface area contributed by atoms with Crippen LogP contribution in [0.25, 0.3) is 0 Å². The van der Waals surface area contributed by atoms with Crippen LogP contribution in [-0.4, -0.2) is 32.4 Å². The third-order valence-corrected chi connectivity index (χ3v) is 3.75. The van der Waals surface area contributed by atoms with E-state index in [9.17, 15) is 4.79 Å². The van der Waals surface area contributed by atoms with Crippen LogP contribution >= 0.6 is 11.8 Å². The Morgan fingerprint density at radius 3 is 2.93 bits per heavy atom. The van der Waals surface area contributed by atoms with E-state index < -0.39 is 5.97 Å². The average molecular weight is 226 g/mol. The monoisotopic (exact) mass is 226 g/mol. The van der Waals surface area contributed by atoms with Crippen molar-refractivity contribution >= 4 is 17.7 Å². The van der Waals surface area contributed by atoms with Gasteiger partial charge in [0.15, 0.2) is 5.69 Å². The van der Waals surface area contributed by atoms with Crippen LogP contribution in [0.3, 0.4) is 0 Å². The summed E-state index contributed by atoms with van der Waals surface area (Å²) in [6.07, 6.45) is 1.92. The first-order valence-corrected chi connectivity index (χ1v) is 6.27. The van der Waals surface area contributed by atoms with Crippen molar-refractivity contribution in [3.63, 3.8) is 0 Å². The molecule has 82 valence electrons. The Kier molecular flexibility index (Phi) is 3.00. The molecule has 5 heteroatoms.